The summed E-state index contributed by atoms with van der Waals surface area (Å²) in [6, 6.07) is 13.2. The van der Waals surface area contributed by atoms with E-state index in [1.807, 2.05) is 43.3 Å². The Morgan fingerprint density at radius 2 is 1.74 bits per heavy atom. The van der Waals surface area contributed by atoms with Crippen molar-refractivity contribution in [2.75, 3.05) is 0 Å². The molecule has 0 saturated carbocycles. The minimum atomic E-state index is -0.448. The van der Waals surface area contributed by atoms with Crippen LogP contribution in [0.1, 0.15) is 32.6 Å². The molecule has 0 unspecified atom stereocenters. The standard InChI is InChI=1S/C19H20O4/c1-2-3-6-14-22-18(20)12-13-19(21)23-17-11-7-9-15-8-4-5-10-16(15)17/h4-11,14H,2-3,12-13H2,1H3. The van der Waals surface area contributed by atoms with Crippen molar-refractivity contribution >= 4 is 22.7 Å². The van der Waals surface area contributed by atoms with Crippen molar-refractivity contribution in [3.63, 3.8) is 0 Å². The first-order chi connectivity index (χ1) is 11.2. The molecular weight excluding hydrogens is 292 g/mol. The van der Waals surface area contributed by atoms with Gasteiger partial charge in [0.1, 0.15) is 5.75 Å². The molecule has 0 fully saturated rings. The van der Waals surface area contributed by atoms with Crippen LogP contribution >= 0.6 is 0 Å². The number of unbranched alkanes of at least 4 members (excludes halogenated alkanes) is 1. The first kappa shape index (κ1) is 16.7. The Labute approximate surface area is 135 Å². The lowest BCUT2D eigenvalue weighted by atomic mass is 10.1. The summed E-state index contributed by atoms with van der Waals surface area (Å²) in [7, 11) is 0. The second kappa shape index (κ2) is 8.73. The summed E-state index contributed by atoms with van der Waals surface area (Å²) >= 11 is 0. The predicted molar refractivity (Wildman–Crippen MR) is 89.0 cm³/mol. The van der Waals surface area contributed by atoms with Crippen LogP contribution in [-0.2, 0) is 14.3 Å². The average molecular weight is 312 g/mol. The number of hydrogen-bond acceptors (Lipinski definition) is 4. The van der Waals surface area contributed by atoms with Crippen molar-refractivity contribution in [1.29, 1.82) is 0 Å². The van der Waals surface area contributed by atoms with Gasteiger partial charge in [0.15, 0.2) is 0 Å². The number of esters is 2. The van der Waals surface area contributed by atoms with E-state index in [2.05, 4.69) is 0 Å². The second-order valence-electron chi connectivity index (χ2n) is 5.10. The van der Waals surface area contributed by atoms with Gasteiger partial charge in [-0.25, -0.2) is 0 Å². The Bertz CT molecular complexity index is 698. The molecule has 0 atom stereocenters. The molecule has 2 rings (SSSR count). The van der Waals surface area contributed by atoms with Crippen LogP contribution in [0.15, 0.2) is 54.8 Å². The van der Waals surface area contributed by atoms with Crippen LogP contribution in [0.2, 0.25) is 0 Å². The number of ether oxygens (including phenoxy) is 2. The third kappa shape index (κ3) is 5.25. The normalized spacial score (nSPS) is 10.8. The molecule has 23 heavy (non-hydrogen) atoms. The largest absolute Gasteiger partial charge is 0.435 e. The summed E-state index contributed by atoms with van der Waals surface area (Å²) in [5.74, 6) is -0.382. The molecule has 0 aliphatic carbocycles. The molecule has 120 valence electrons. The summed E-state index contributed by atoms with van der Waals surface area (Å²) in [4.78, 5) is 23.4. The zero-order valence-corrected chi connectivity index (χ0v) is 13.2. The van der Waals surface area contributed by atoms with Crippen LogP contribution in [0.4, 0.5) is 0 Å². The summed E-state index contributed by atoms with van der Waals surface area (Å²) in [6.45, 7) is 2.04. The van der Waals surface area contributed by atoms with E-state index in [1.165, 1.54) is 6.26 Å². The van der Waals surface area contributed by atoms with Crippen LogP contribution < -0.4 is 4.74 Å². The molecule has 0 amide bonds. The van der Waals surface area contributed by atoms with Crippen molar-refractivity contribution in [3.05, 3.63) is 54.8 Å². The van der Waals surface area contributed by atoms with Crippen molar-refractivity contribution in [3.8, 4) is 5.75 Å². The third-order valence-electron chi connectivity index (χ3n) is 3.26. The smallest absolute Gasteiger partial charge is 0.311 e. The Morgan fingerprint density at radius 3 is 2.57 bits per heavy atom. The van der Waals surface area contributed by atoms with Crippen LogP contribution in [0, 0.1) is 0 Å². The minimum absolute atomic E-state index is 0.0000639. The Hall–Kier alpha value is -2.62. The topological polar surface area (TPSA) is 52.6 Å². The summed E-state index contributed by atoms with van der Waals surface area (Å²) in [5, 5.41) is 1.87. The molecule has 0 aliphatic heterocycles. The molecule has 4 nitrogen and oxygen atoms in total. The first-order valence-electron chi connectivity index (χ1n) is 7.73. The molecule has 0 bridgehead atoms. The number of carbonyl (C=O) groups excluding carboxylic acids is 2. The molecule has 0 heterocycles. The molecule has 0 N–H and O–H groups in total. The van der Waals surface area contributed by atoms with Crippen LogP contribution in [-0.4, -0.2) is 11.9 Å². The van der Waals surface area contributed by atoms with E-state index in [0.717, 1.165) is 23.6 Å². The van der Waals surface area contributed by atoms with E-state index in [9.17, 15) is 9.59 Å². The van der Waals surface area contributed by atoms with Crippen LogP contribution in [0.3, 0.4) is 0 Å². The van der Waals surface area contributed by atoms with Gasteiger partial charge in [-0.3, -0.25) is 9.59 Å². The molecule has 0 saturated heterocycles. The lowest BCUT2D eigenvalue weighted by Gasteiger charge is -2.07. The maximum atomic E-state index is 11.9. The highest BCUT2D eigenvalue weighted by atomic mass is 16.5. The van der Waals surface area contributed by atoms with E-state index in [0.29, 0.717) is 5.75 Å². The fraction of sp³-hybridized carbons (Fsp3) is 0.263. The molecule has 0 aromatic heterocycles. The number of allylic oxidation sites excluding steroid dienone is 1. The Balaban J connectivity index is 1.86. The summed E-state index contributed by atoms with van der Waals surface area (Å²) in [5.41, 5.74) is 0. The van der Waals surface area contributed by atoms with Gasteiger partial charge in [0, 0.05) is 5.39 Å². The summed E-state index contributed by atoms with van der Waals surface area (Å²) in [6.07, 6.45) is 5.00. The third-order valence-corrected chi connectivity index (χ3v) is 3.26. The van der Waals surface area contributed by atoms with E-state index >= 15 is 0 Å². The maximum Gasteiger partial charge on any atom is 0.311 e. The zero-order valence-electron chi connectivity index (χ0n) is 13.2. The molecule has 2 aromatic rings. The first-order valence-corrected chi connectivity index (χ1v) is 7.73. The van der Waals surface area contributed by atoms with Gasteiger partial charge in [-0.2, -0.15) is 0 Å². The van der Waals surface area contributed by atoms with Gasteiger partial charge in [-0.1, -0.05) is 49.7 Å². The number of carbonyl (C=O) groups is 2. The number of rotatable bonds is 7. The second-order valence-corrected chi connectivity index (χ2v) is 5.10. The van der Waals surface area contributed by atoms with E-state index in [4.69, 9.17) is 9.47 Å². The van der Waals surface area contributed by atoms with Crippen molar-refractivity contribution in [1.82, 2.24) is 0 Å². The number of fused-ring (bicyclic) bond motifs is 1. The molecule has 0 radical (unpaired) electrons. The van der Waals surface area contributed by atoms with Gasteiger partial charge in [-0.05, 0) is 23.9 Å². The summed E-state index contributed by atoms with van der Waals surface area (Å²) < 4.78 is 10.2. The van der Waals surface area contributed by atoms with Crippen LogP contribution in [0.25, 0.3) is 10.8 Å². The Morgan fingerprint density at radius 1 is 1.00 bits per heavy atom. The molecule has 4 heteroatoms. The average Bonchev–Trinajstić information content (AvgIpc) is 2.57. The quantitative estimate of drug-likeness (QED) is 0.432. The predicted octanol–water partition coefficient (Wildman–Crippen LogP) is 4.38. The van der Waals surface area contributed by atoms with Gasteiger partial charge in [-0.15, -0.1) is 0 Å². The van der Waals surface area contributed by atoms with E-state index < -0.39 is 11.9 Å². The monoisotopic (exact) mass is 312 g/mol. The SMILES string of the molecule is CCCC=COC(=O)CCC(=O)Oc1cccc2ccccc12. The maximum absolute atomic E-state index is 11.9. The van der Waals surface area contributed by atoms with E-state index in [-0.39, 0.29) is 12.8 Å². The van der Waals surface area contributed by atoms with Gasteiger partial charge < -0.3 is 9.47 Å². The van der Waals surface area contributed by atoms with E-state index in [1.54, 1.807) is 12.1 Å². The fourth-order valence-corrected chi connectivity index (χ4v) is 2.08. The van der Waals surface area contributed by atoms with Gasteiger partial charge >= 0.3 is 11.9 Å². The van der Waals surface area contributed by atoms with Gasteiger partial charge in [0.2, 0.25) is 0 Å². The van der Waals surface area contributed by atoms with Crippen molar-refractivity contribution in [2.24, 2.45) is 0 Å². The minimum Gasteiger partial charge on any atom is -0.435 e. The molecular formula is C19H20O4. The highest BCUT2D eigenvalue weighted by molar-refractivity contribution is 5.90. The van der Waals surface area contributed by atoms with Gasteiger partial charge in [0.05, 0.1) is 19.1 Å². The lowest BCUT2D eigenvalue weighted by Crippen LogP contribution is -2.11. The van der Waals surface area contributed by atoms with Gasteiger partial charge in [0.25, 0.3) is 0 Å². The molecule has 0 spiro atoms. The molecule has 2 aromatic carbocycles. The Kier molecular flexibility index (Phi) is 6.36. The lowest BCUT2D eigenvalue weighted by molar-refractivity contribution is -0.142. The molecule has 0 aliphatic rings. The van der Waals surface area contributed by atoms with Crippen molar-refractivity contribution < 1.29 is 19.1 Å². The zero-order chi connectivity index (χ0) is 16.5. The number of hydrogen-bond donors (Lipinski definition) is 0. The van der Waals surface area contributed by atoms with Crippen molar-refractivity contribution in [2.45, 2.75) is 32.6 Å². The highest BCUT2D eigenvalue weighted by Crippen LogP contribution is 2.25. The number of benzene rings is 2. The fourth-order valence-electron chi connectivity index (χ4n) is 2.08. The highest BCUT2D eigenvalue weighted by Gasteiger charge is 2.11. The van der Waals surface area contributed by atoms with Crippen LogP contribution in [0.5, 0.6) is 5.75 Å².